The van der Waals surface area contributed by atoms with Gasteiger partial charge in [-0.2, -0.15) is 0 Å². The number of hydrogen-bond acceptors (Lipinski definition) is 4. The van der Waals surface area contributed by atoms with E-state index in [4.69, 9.17) is 17.3 Å². The predicted molar refractivity (Wildman–Crippen MR) is 72.5 cm³/mol. The Kier molecular flexibility index (Phi) is 5.54. The van der Waals surface area contributed by atoms with Crippen LogP contribution < -0.4 is 10.6 Å². The number of aliphatic hydroxyl groups is 1. The van der Waals surface area contributed by atoms with Crippen LogP contribution in [0.15, 0.2) is 24.3 Å². The zero-order valence-corrected chi connectivity index (χ0v) is 10.8. The molecule has 0 radical (unpaired) electrons. The molecule has 18 heavy (non-hydrogen) atoms. The van der Waals surface area contributed by atoms with E-state index in [1.807, 2.05) is 6.92 Å². The minimum Gasteiger partial charge on any atom is -0.507 e. The van der Waals surface area contributed by atoms with Crippen molar-refractivity contribution < 1.29 is 15.0 Å². The first-order chi connectivity index (χ1) is 8.58. The number of benzene rings is 1. The summed E-state index contributed by atoms with van der Waals surface area (Å²) in [5.74, 6) is -0.592. The number of thiocarbonyl (C=S) groups is 1. The molecule has 5 nitrogen and oxygen atoms in total. The molecule has 0 aliphatic heterocycles. The smallest absolute Gasteiger partial charge is 0.261 e. The van der Waals surface area contributed by atoms with E-state index >= 15 is 0 Å². The topological polar surface area (TPSA) is 81.6 Å². The van der Waals surface area contributed by atoms with Crippen molar-refractivity contribution >= 4 is 23.2 Å². The Morgan fingerprint density at radius 3 is 2.67 bits per heavy atom. The monoisotopic (exact) mass is 268 g/mol. The molecule has 1 rings (SSSR count). The van der Waals surface area contributed by atoms with Gasteiger partial charge in [-0.05, 0) is 30.8 Å². The van der Waals surface area contributed by atoms with Crippen molar-refractivity contribution in [1.82, 2.24) is 10.6 Å². The lowest BCUT2D eigenvalue weighted by Gasteiger charge is -2.16. The highest BCUT2D eigenvalue weighted by Crippen LogP contribution is 2.14. The van der Waals surface area contributed by atoms with Crippen molar-refractivity contribution in [3.63, 3.8) is 0 Å². The van der Waals surface area contributed by atoms with E-state index in [0.717, 1.165) is 0 Å². The molecule has 4 N–H and O–H groups in total. The lowest BCUT2D eigenvalue weighted by molar-refractivity contribution is 0.0973. The van der Waals surface area contributed by atoms with Gasteiger partial charge in [0.1, 0.15) is 5.75 Å². The summed E-state index contributed by atoms with van der Waals surface area (Å²) in [4.78, 5) is 11.8. The molecule has 1 aromatic rings. The van der Waals surface area contributed by atoms with Crippen LogP contribution in [0.3, 0.4) is 0 Å². The van der Waals surface area contributed by atoms with Crippen LogP contribution in [-0.2, 0) is 0 Å². The van der Waals surface area contributed by atoms with Gasteiger partial charge in [0.05, 0.1) is 18.2 Å². The quantitative estimate of drug-likeness (QED) is 0.606. The fraction of sp³-hybridized carbons (Fsp3) is 0.333. The maximum atomic E-state index is 11.8. The zero-order chi connectivity index (χ0) is 13.5. The summed E-state index contributed by atoms with van der Waals surface area (Å²) in [6, 6.07) is 6.00. The summed E-state index contributed by atoms with van der Waals surface area (Å²) < 4.78 is 0. The molecule has 0 bridgehead atoms. The molecule has 0 fully saturated rings. The predicted octanol–water partition coefficient (Wildman–Crippen LogP) is 0.767. The van der Waals surface area contributed by atoms with Crippen molar-refractivity contribution in [3.05, 3.63) is 29.8 Å². The summed E-state index contributed by atoms with van der Waals surface area (Å²) in [7, 11) is 0. The number of phenolic OH excluding ortho intramolecular Hbond substituents is 1. The van der Waals surface area contributed by atoms with Gasteiger partial charge >= 0.3 is 0 Å². The van der Waals surface area contributed by atoms with Gasteiger partial charge in [-0.25, -0.2) is 0 Å². The van der Waals surface area contributed by atoms with E-state index in [-0.39, 0.29) is 29.1 Å². The van der Waals surface area contributed by atoms with Gasteiger partial charge in [0.15, 0.2) is 5.11 Å². The molecule has 0 heterocycles. The van der Waals surface area contributed by atoms with Gasteiger partial charge in [0, 0.05) is 0 Å². The maximum Gasteiger partial charge on any atom is 0.261 e. The highest BCUT2D eigenvalue weighted by atomic mass is 32.1. The molecule has 0 saturated carbocycles. The number of hydrogen-bond donors (Lipinski definition) is 4. The highest BCUT2D eigenvalue weighted by Gasteiger charge is 2.13. The Hall–Kier alpha value is -1.66. The van der Waals surface area contributed by atoms with E-state index in [2.05, 4.69) is 10.6 Å². The van der Waals surface area contributed by atoms with Gasteiger partial charge in [0.2, 0.25) is 0 Å². The molecule has 0 aliphatic rings. The van der Waals surface area contributed by atoms with Crippen molar-refractivity contribution in [2.24, 2.45) is 0 Å². The van der Waals surface area contributed by atoms with Crippen LogP contribution in [0.2, 0.25) is 0 Å². The summed E-state index contributed by atoms with van der Waals surface area (Å²) in [5.41, 5.74) is 0.152. The van der Waals surface area contributed by atoms with Crippen molar-refractivity contribution in [2.75, 3.05) is 6.61 Å². The van der Waals surface area contributed by atoms with Gasteiger partial charge < -0.3 is 15.5 Å². The normalized spacial score (nSPS) is 11.7. The molecule has 1 aromatic carbocycles. The first-order valence-electron chi connectivity index (χ1n) is 5.59. The summed E-state index contributed by atoms with van der Waals surface area (Å²) in [6.45, 7) is 1.82. The average Bonchev–Trinajstić information content (AvgIpc) is 2.36. The molecule has 0 saturated heterocycles. The third-order valence-electron chi connectivity index (χ3n) is 2.42. The molecule has 0 unspecified atom stereocenters. The fourth-order valence-corrected chi connectivity index (χ4v) is 1.59. The number of aromatic hydroxyl groups is 1. The van der Waals surface area contributed by atoms with Crippen LogP contribution in [0, 0.1) is 0 Å². The Labute approximate surface area is 111 Å². The van der Waals surface area contributed by atoms with Crippen LogP contribution in [0.25, 0.3) is 0 Å². The fourth-order valence-electron chi connectivity index (χ4n) is 1.33. The minimum atomic E-state index is -0.488. The third-order valence-corrected chi connectivity index (χ3v) is 2.64. The van der Waals surface area contributed by atoms with E-state index in [0.29, 0.717) is 6.42 Å². The third kappa shape index (κ3) is 3.97. The molecule has 98 valence electrons. The first kappa shape index (κ1) is 14.4. The second-order valence-electron chi connectivity index (χ2n) is 3.73. The number of carbonyl (C=O) groups excluding carboxylic acids is 1. The Morgan fingerprint density at radius 2 is 2.11 bits per heavy atom. The lowest BCUT2D eigenvalue weighted by atomic mass is 10.2. The summed E-state index contributed by atoms with van der Waals surface area (Å²) >= 11 is 4.95. The number of aliphatic hydroxyl groups excluding tert-OH is 1. The van der Waals surface area contributed by atoms with Gasteiger partial charge in [0.25, 0.3) is 5.91 Å². The maximum absolute atomic E-state index is 11.8. The van der Waals surface area contributed by atoms with Crippen LogP contribution in [-0.4, -0.2) is 33.9 Å². The molecule has 0 aromatic heterocycles. The van der Waals surface area contributed by atoms with E-state index in [1.165, 1.54) is 12.1 Å². The standard InChI is InChI=1S/C12H16N2O3S/c1-2-8(7-15)13-12(18)14-11(17)9-5-3-4-6-10(9)16/h3-6,8,15-16H,2,7H2,1H3,(H2,13,14,17,18)/t8-/m1/s1. The number of nitrogens with one attached hydrogen (secondary N) is 2. The van der Waals surface area contributed by atoms with Crippen molar-refractivity contribution in [2.45, 2.75) is 19.4 Å². The largest absolute Gasteiger partial charge is 0.507 e. The van der Waals surface area contributed by atoms with Gasteiger partial charge in [-0.15, -0.1) is 0 Å². The SMILES string of the molecule is CC[C@H](CO)NC(=S)NC(=O)c1ccccc1O. The molecule has 1 atom stereocenters. The first-order valence-corrected chi connectivity index (χ1v) is 6.00. The number of amides is 1. The molecule has 1 amide bonds. The second-order valence-corrected chi connectivity index (χ2v) is 4.14. The lowest BCUT2D eigenvalue weighted by Crippen LogP contribution is -2.45. The number of phenols is 1. The summed E-state index contributed by atoms with van der Waals surface area (Å²) in [6.07, 6.45) is 0.684. The highest BCUT2D eigenvalue weighted by molar-refractivity contribution is 7.80. The Morgan fingerprint density at radius 1 is 1.44 bits per heavy atom. The average molecular weight is 268 g/mol. The van der Waals surface area contributed by atoms with E-state index in [1.54, 1.807) is 12.1 Å². The van der Waals surface area contributed by atoms with Gasteiger partial charge in [-0.1, -0.05) is 19.1 Å². The Bertz CT molecular complexity index is 433. The molecular weight excluding hydrogens is 252 g/mol. The Balaban J connectivity index is 2.60. The number of para-hydroxylation sites is 1. The molecule has 0 spiro atoms. The van der Waals surface area contributed by atoms with Crippen molar-refractivity contribution in [1.29, 1.82) is 0 Å². The van der Waals surface area contributed by atoms with Crippen molar-refractivity contribution in [3.8, 4) is 5.75 Å². The van der Waals surface area contributed by atoms with Crippen LogP contribution in [0.4, 0.5) is 0 Å². The molecular formula is C12H16N2O3S. The number of rotatable bonds is 4. The molecule has 0 aliphatic carbocycles. The van der Waals surface area contributed by atoms with Gasteiger partial charge in [-0.3, -0.25) is 10.1 Å². The second kappa shape index (κ2) is 6.93. The van der Waals surface area contributed by atoms with E-state index < -0.39 is 5.91 Å². The molecule has 6 heteroatoms. The van der Waals surface area contributed by atoms with Crippen LogP contribution >= 0.6 is 12.2 Å². The zero-order valence-electron chi connectivity index (χ0n) is 10.0. The minimum absolute atomic E-state index is 0.0664. The summed E-state index contributed by atoms with van der Waals surface area (Å²) in [5, 5.41) is 23.9. The van der Waals surface area contributed by atoms with Crippen LogP contribution in [0.1, 0.15) is 23.7 Å². The van der Waals surface area contributed by atoms with E-state index in [9.17, 15) is 9.90 Å². The van der Waals surface area contributed by atoms with Crippen LogP contribution in [0.5, 0.6) is 5.75 Å². The number of carbonyl (C=O) groups is 1.